The Balaban J connectivity index is 1.71. The van der Waals surface area contributed by atoms with E-state index in [0.29, 0.717) is 21.7 Å². The van der Waals surface area contributed by atoms with Crippen molar-refractivity contribution in [2.24, 2.45) is 0 Å². The summed E-state index contributed by atoms with van der Waals surface area (Å²) in [7, 11) is 0. The molecule has 0 N–H and O–H groups in total. The smallest absolute Gasteiger partial charge is 0.340 e. The molecule has 0 saturated carbocycles. The number of para-hydroxylation sites is 1. The number of benzene rings is 2. The molecule has 0 radical (unpaired) electrons. The number of oxazole rings is 1. The van der Waals surface area contributed by atoms with E-state index >= 15 is 0 Å². The van der Waals surface area contributed by atoms with Crippen LogP contribution in [-0.2, 0) is 4.74 Å². The van der Waals surface area contributed by atoms with Gasteiger partial charge >= 0.3 is 5.97 Å². The average Bonchev–Trinajstić information content (AvgIpc) is 3.01. The maximum absolute atomic E-state index is 12.1. The van der Waals surface area contributed by atoms with Crippen LogP contribution in [0.3, 0.4) is 0 Å². The molecule has 1 aromatic heterocycles. The van der Waals surface area contributed by atoms with Crippen LogP contribution in [-0.4, -0.2) is 23.3 Å². The van der Waals surface area contributed by atoms with E-state index in [-0.39, 0.29) is 18.0 Å². The van der Waals surface area contributed by atoms with E-state index in [9.17, 15) is 9.59 Å². The van der Waals surface area contributed by atoms with E-state index in [1.807, 2.05) is 0 Å². The van der Waals surface area contributed by atoms with Crippen molar-refractivity contribution in [2.75, 3.05) is 6.61 Å². The predicted molar refractivity (Wildman–Crippen MR) is 80.1 cm³/mol. The second kappa shape index (κ2) is 5.99. The maximum atomic E-state index is 12.1. The van der Waals surface area contributed by atoms with Crippen molar-refractivity contribution in [2.45, 2.75) is 0 Å². The summed E-state index contributed by atoms with van der Waals surface area (Å²) in [6.45, 7) is -0.352. The largest absolute Gasteiger partial charge is 0.454 e. The van der Waals surface area contributed by atoms with Gasteiger partial charge in [0.1, 0.15) is 5.52 Å². The number of Topliss-reactive ketones (excluding diaryl/α,β-unsaturated/α-hetero) is 1. The summed E-state index contributed by atoms with van der Waals surface area (Å²) in [4.78, 5) is 28.0. The molecule has 3 aromatic rings. The Hall–Kier alpha value is -2.66. The van der Waals surface area contributed by atoms with Gasteiger partial charge in [-0.15, -0.1) is 0 Å². The first-order chi connectivity index (χ1) is 10.6. The lowest BCUT2D eigenvalue weighted by atomic mass is 10.1. The number of esters is 1. The lowest BCUT2D eigenvalue weighted by molar-refractivity contribution is 0.0476. The SMILES string of the molecule is O=C(COC(=O)c1cccc2ocnc12)c1ccc(Cl)cc1. The fourth-order valence-electron chi connectivity index (χ4n) is 1.98. The minimum Gasteiger partial charge on any atom is -0.454 e. The summed E-state index contributed by atoms with van der Waals surface area (Å²) < 4.78 is 10.2. The van der Waals surface area contributed by atoms with Gasteiger partial charge in [-0.05, 0) is 36.4 Å². The van der Waals surface area contributed by atoms with E-state index in [1.54, 1.807) is 42.5 Å². The van der Waals surface area contributed by atoms with Gasteiger partial charge in [0.2, 0.25) is 0 Å². The first kappa shape index (κ1) is 14.3. The number of nitrogens with zero attached hydrogens (tertiary/aromatic N) is 1. The van der Waals surface area contributed by atoms with Gasteiger partial charge < -0.3 is 9.15 Å². The van der Waals surface area contributed by atoms with E-state index in [1.165, 1.54) is 6.39 Å². The molecule has 0 bridgehead atoms. The number of ether oxygens (including phenoxy) is 1. The van der Waals surface area contributed by atoms with Crippen molar-refractivity contribution in [3.63, 3.8) is 0 Å². The van der Waals surface area contributed by atoms with Crippen LogP contribution in [0.5, 0.6) is 0 Å². The Labute approximate surface area is 130 Å². The second-order valence-electron chi connectivity index (χ2n) is 4.51. The minimum atomic E-state index is -0.623. The predicted octanol–water partition coefficient (Wildman–Crippen LogP) is 3.52. The first-order valence-corrected chi connectivity index (χ1v) is 6.81. The topological polar surface area (TPSA) is 69.4 Å². The number of rotatable bonds is 4. The summed E-state index contributed by atoms with van der Waals surface area (Å²) in [6, 6.07) is 11.3. The van der Waals surface area contributed by atoms with Gasteiger partial charge in [0.15, 0.2) is 24.4 Å². The van der Waals surface area contributed by atoms with E-state index in [0.717, 1.165) is 0 Å². The molecule has 0 saturated heterocycles. The minimum absolute atomic E-state index is 0.259. The molecule has 2 aromatic carbocycles. The highest BCUT2D eigenvalue weighted by Crippen LogP contribution is 2.18. The number of carbonyl (C=O) groups is 2. The molecule has 1 heterocycles. The maximum Gasteiger partial charge on any atom is 0.340 e. The monoisotopic (exact) mass is 315 g/mol. The Kier molecular flexibility index (Phi) is 3.89. The van der Waals surface area contributed by atoms with Gasteiger partial charge in [-0.2, -0.15) is 0 Å². The quantitative estimate of drug-likeness (QED) is 0.544. The number of fused-ring (bicyclic) bond motifs is 1. The molecule has 0 amide bonds. The highest BCUT2D eigenvalue weighted by molar-refractivity contribution is 6.30. The molecule has 5 nitrogen and oxygen atoms in total. The van der Waals surface area contributed by atoms with Crippen molar-refractivity contribution in [1.29, 1.82) is 0 Å². The number of carbonyl (C=O) groups excluding carboxylic acids is 2. The van der Waals surface area contributed by atoms with Gasteiger partial charge in [-0.1, -0.05) is 17.7 Å². The van der Waals surface area contributed by atoms with Crippen LogP contribution >= 0.6 is 11.6 Å². The molecule has 0 fully saturated rings. The van der Waals surface area contributed by atoms with Crippen molar-refractivity contribution in [3.05, 3.63) is 65.0 Å². The summed E-state index contributed by atoms with van der Waals surface area (Å²) in [5, 5.41) is 0.534. The molecule has 3 rings (SSSR count). The average molecular weight is 316 g/mol. The Morgan fingerprint density at radius 3 is 2.68 bits per heavy atom. The lowest BCUT2D eigenvalue weighted by Crippen LogP contribution is -2.14. The van der Waals surface area contributed by atoms with Crippen molar-refractivity contribution in [3.8, 4) is 0 Å². The normalized spacial score (nSPS) is 10.6. The number of hydrogen-bond donors (Lipinski definition) is 0. The molecule has 0 atom stereocenters. The second-order valence-corrected chi connectivity index (χ2v) is 4.95. The van der Waals surface area contributed by atoms with Crippen molar-refractivity contribution >= 4 is 34.5 Å². The van der Waals surface area contributed by atoms with Crippen LogP contribution in [0.15, 0.2) is 53.3 Å². The third-order valence-electron chi connectivity index (χ3n) is 3.08. The summed E-state index contributed by atoms with van der Waals surface area (Å²) in [5.74, 6) is -0.931. The van der Waals surface area contributed by atoms with Gasteiger partial charge in [0.25, 0.3) is 0 Å². The Morgan fingerprint density at radius 2 is 1.91 bits per heavy atom. The highest BCUT2D eigenvalue weighted by Gasteiger charge is 2.16. The fourth-order valence-corrected chi connectivity index (χ4v) is 2.11. The number of hydrogen-bond acceptors (Lipinski definition) is 5. The molecule has 0 unspecified atom stereocenters. The number of aromatic nitrogens is 1. The van der Waals surface area contributed by atoms with Gasteiger partial charge in [-0.25, -0.2) is 9.78 Å². The summed E-state index contributed by atoms with van der Waals surface area (Å²) in [6.07, 6.45) is 1.25. The number of ketones is 1. The van der Waals surface area contributed by atoms with Gasteiger partial charge in [0.05, 0.1) is 5.56 Å². The molecular formula is C16H10ClNO4. The molecule has 110 valence electrons. The molecule has 22 heavy (non-hydrogen) atoms. The van der Waals surface area contributed by atoms with Crippen LogP contribution in [0.4, 0.5) is 0 Å². The van der Waals surface area contributed by atoms with E-state index in [2.05, 4.69) is 4.98 Å². The molecular weight excluding hydrogens is 306 g/mol. The van der Waals surface area contributed by atoms with Gasteiger partial charge in [0, 0.05) is 10.6 Å². The zero-order valence-corrected chi connectivity index (χ0v) is 12.0. The zero-order valence-electron chi connectivity index (χ0n) is 11.3. The third kappa shape index (κ3) is 2.84. The molecule has 6 heteroatoms. The van der Waals surface area contributed by atoms with E-state index < -0.39 is 5.97 Å². The standard InChI is InChI=1S/C16H10ClNO4/c17-11-6-4-10(5-7-11)13(19)8-21-16(20)12-2-1-3-14-15(12)18-9-22-14/h1-7,9H,8H2. The number of halogens is 1. The van der Waals surface area contributed by atoms with Crippen molar-refractivity contribution < 1.29 is 18.7 Å². The lowest BCUT2D eigenvalue weighted by Gasteiger charge is -2.05. The van der Waals surface area contributed by atoms with Crippen LogP contribution in [0.25, 0.3) is 11.1 Å². The van der Waals surface area contributed by atoms with Crippen LogP contribution in [0.2, 0.25) is 5.02 Å². The highest BCUT2D eigenvalue weighted by atomic mass is 35.5. The Bertz CT molecular complexity index is 839. The summed E-state index contributed by atoms with van der Waals surface area (Å²) >= 11 is 5.76. The zero-order chi connectivity index (χ0) is 15.5. The fraction of sp³-hybridized carbons (Fsp3) is 0.0625. The third-order valence-corrected chi connectivity index (χ3v) is 3.33. The van der Waals surface area contributed by atoms with Crippen LogP contribution in [0.1, 0.15) is 20.7 Å². The van der Waals surface area contributed by atoms with Gasteiger partial charge in [-0.3, -0.25) is 4.79 Å². The Morgan fingerprint density at radius 1 is 1.14 bits per heavy atom. The van der Waals surface area contributed by atoms with Crippen LogP contribution < -0.4 is 0 Å². The van der Waals surface area contributed by atoms with Crippen molar-refractivity contribution in [1.82, 2.24) is 4.98 Å². The molecule has 0 aliphatic rings. The molecule has 0 aliphatic heterocycles. The summed E-state index contributed by atoms with van der Waals surface area (Å²) in [5.41, 5.74) is 1.58. The molecule has 0 spiro atoms. The van der Waals surface area contributed by atoms with E-state index in [4.69, 9.17) is 20.8 Å². The first-order valence-electron chi connectivity index (χ1n) is 6.43. The molecule has 0 aliphatic carbocycles. The van der Waals surface area contributed by atoms with Crippen LogP contribution in [0, 0.1) is 0 Å².